The monoisotopic (exact) mass is 474 g/mol. The third-order valence-electron chi connectivity index (χ3n) is 6.06. The normalized spacial score (nSPS) is 17.1. The maximum absolute atomic E-state index is 13.2. The number of carbonyl (C=O) groups is 2. The van der Waals surface area contributed by atoms with Crippen LogP contribution in [0.25, 0.3) is 5.76 Å². The Labute approximate surface area is 205 Å². The highest BCUT2D eigenvalue weighted by Crippen LogP contribution is 2.40. The van der Waals surface area contributed by atoms with Gasteiger partial charge in [0, 0.05) is 50.8 Å². The molecule has 0 radical (unpaired) electrons. The molecule has 3 aromatic rings. The van der Waals surface area contributed by atoms with Crippen molar-refractivity contribution < 1.29 is 19.4 Å². The summed E-state index contributed by atoms with van der Waals surface area (Å²) in [5.74, 6) is -0.921. The van der Waals surface area contributed by atoms with Gasteiger partial charge in [0.25, 0.3) is 11.7 Å². The molecule has 4 rings (SSSR count). The van der Waals surface area contributed by atoms with Crippen molar-refractivity contribution >= 4 is 23.1 Å². The number of benzene rings is 2. The molecule has 8 heteroatoms. The molecule has 0 spiro atoms. The van der Waals surface area contributed by atoms with Crippen LogP contribution in [-0.4, -0.2) is 58.5 Å². The smallest absolute Gasteiger partial charge is 0.295 e. The van der Waals surface area contributed by atoms with E-state index in [-0.39, 0.29) is 11.3 Å². The summed E-state index contributed by atoms with van der Waals surface area (Å²) in [4.78, 5) is 34.0. The Balaban J connectivity index is 1.74. The molecular weight excluding hydrogens is 444 g/mol. The second-order valence-corrected chi connectivity index (χ2v) is 8.59. The highest BCUT2D eigenvalue weighted by Gasteiger charge is 2.45. The van der Waals surface area contributed by atoms with Crippen LogP contribution in [0.2, 0.25) is 0 Å². The summed E-state index contributed by atoms with van der Waals surface area (Å²) in [6.07, 6.45) is 5.91. The zero-order chi connectivity index (χ0) is 24.9. The lowest BCUT2D eigenvalue weighted by Crippen LogP contribution is -2.31. The van der Waals surface area contributed by atoms with Gasteiger partial charge >= 0.3 is 0 Å². The number of amides is 1. The number of ketones is 1. The molecule has 0 aliphatic carbocycles. The van der Waals surface area contributed by atoms with Crippen LogP contribution < -0.4 is 9.64 Å². The molecule has 35 heavy (non-hydrogen) atoms. The molecule has 1 N–H and O–H groups in total. The Morgan fingerprint density at radius 1 is 1.11 bits per heavy atom. The van der Waals surface area contributed by atoms with E-state index in [1.807, 2.05) is 60.9 Å². The molecule has 1 unspecified atom stereocenters. The number of nitrogens with zero attached hydrogens (tertiary/aromatic N) is 4. The molecule has 1 fully saturated rings. The number of aliphatic hydroxyl groups excluding tert-OH is 1. The van der Waals surface area contributed by atoms with Crippen molar-refractivity contribution in [3.63, 3.8) is 0 Å². The van der Waals surface area contributed by atoms with Gasteiger partial charge in [-0.15, -0.1) is 0 Å². The quantitative estimate of drug-likeness (QED) is 0.288. The van der Waals surface area contributed by atoms with Gasteiger partial charge in [0.05, 0.1) is 24.5 Å². The van der Waals surface area contributed by atoms with Gasteiger partial charge in [0.2, 0.25) is 0 Å². The zero-order valence-corrected chi connectivity index (χ0v) is 20.2. The lowest BCUT2D eigenvalue weighted by molar-refractivity contribution is -0.139. The topological polar surface area (TPSA) is 87.9 Å². The standard InChI is InChI=1S/C27H30N4O4/c1-4-35-22-8-5-7-20(17-22)25(32)23-24(19-9-11-21(12-10-19)29(2)3)31(27(34)26(23)33)15-6-14-30-16-13-28-18-30/h5,7-13,16-18,24,32H,4,6,14-15H2,1-3H3/b25-23+. The first-order chi connectivity index (χ1) is 16.9. The summed E-state index contributed by atoms with van der Waals surface area (Å²) >= 11 is 0. The number of aliphatic hydroxyl groups is 1. The van der Waals surface area contributed by atoms with Crippen LogP contribution in [0.5, 0.6) is 5.75 Å². The minimum atomic E-state index is -0.690. The predicted octanol–water partition coefficient (Wildman–Crippen LogP) is 3.86. The molecule has 1 amide bonds. The minimum Gasteiger partial charge on any atom is -0.507 e. The van der Waals surface area contributed by atoms with Crippen LogP contribution in [-0.2, 0) is 16.1 Å². The van der Waals surface area contributed by atoms with E-state index in [4.69, 9.17) is 4.74 Å². The first-order valence-electron chi connectivity index (χ1n) is 11.7. The molecule has 1 aliphatic heterocycles. The van der Waals surface area contributed by atoms with E-state index in [2.05, 4.69) is 4.98 Å². The molecule has 182 valence electrons. The molecule has 8 nitrogen and oxygen atoms in total. The van der Waals surface area contributed by atoms with E-state index in [0.717, 1.165) is 11.3 Å². The number of aromatic nitrogens is 2. The summed E-state index contributed by atoms with van der Waals surface area (Å²) < 4.78 is 7.48. The second-order valence-electron chi connectivity index (χ2n) is 8.59. The number of aryl methyl sites for hydroxylation is 1. The van der Waals surface area contributed by atoms with E-state index >= 15 is 0 Å². The average molecular weight is 475 g/mol. The number of hydrogen-bond donors (Lipinski definition) is 1. The Hall–Kier alpha value is -4.07. The molecule has 1 aromatic heterocycles. The maximum Gasteiger partial charge on any atom is 0.295 e. The van der Waals surface area contributed by atoms with Gasteiger partial charge in [-0.3, -0.25) is 9.59 Å². The van der Waals surface area contributed by atoms with Gasteiger partial charge in [-0.05, 0) is 43.2 Å². The zero-order valence-electron chi connectivity index (χ0n) is 20.2. The van der Waals surface area contributed by atoms with Gasteiger partial charge < -0.3 is 24.2 Å². The third kappa shape index (κ3) is 5.06. The van der Waals surface area contributed by atoms with E-state index in [1.54, 1.807) is 41.7 Å². The summed E-state index contributed by atoms with van der Waals surface area (Å²) in [6.45, 7) is 3.37. The fourth-order valence-corrected chi connectivity index (χ4v) is 4.31. The number of likely N-dealkylation sites (tertiary alicyclic amines) is 1. The summed E-state index contributed by atoms with van der Waals surface area (Å²) in [5, 5.41) is 11.3. The summed E-state index contributed by atoms with van der Waals surface area (Å²) in [6, 6.07) is 13.9. The molecule has 1 saturated heterocycles. The van der Waals surface area contributed by atoms with Crippen molar-refractivity contribution in [2.24, 2.45) is 0 Å². The Kier molecular flexibility index (Phi) is 7.19. The number of ether oxygens (including phenoxy) is 1. The van der Waals surface area contributed by atoms with Crippen LogP contribution in [0.1, 0.15) is 30.5 Å². The number of hydrogen-bond acceptors (Lipinski definition) is 6. The Bertz CT molecular complexity index is 1220. The summed E-state index contributed by atoms with van der Waals surface area (Å²) in [7, 11) is 3.89. The van der Waals surface area contributed by atoms with Crippen molar-refractivity contribution in [3.05, 3.63) is 84.0 Å². The molecule has 0 saturated carbocycles. The van der Waals surface area contributed by atoms with Crippen LogP contribution >= 0.6 is 0 Å². The van der Waals surface area contributed by atoms with E-state index in [9.17, 15) is 14.7 Å². The van der Waals surface area contributed by atoms with Crippen LogP contribution in [0.3, 0.4) is 0 Å². The number of rotatable bonds is 9. The highest BCUT2D eigenvalue weighted by molar-refractivity contribution is 6.46. The van der Waals surface area contributed by atoms with E-state index in [0.29, 0.717) is 37.4 Å². The van der Waals surface area contributed by atoms with Crippen molar-refractivity contribution in [1.82, 2.24) is 14.5 Å². The predicted molar refractivity (Wildman–Crippen MR) is 134 cm³/mol. The number of Topliss-reactive ketones (excluding diaryl/α,β-unsaturated/α-hetero) is 1. The first kappa shape index (κ1) is 24.1. The van der Waals surface area contributed by atoms with Crippen molar-refractivity contribution in [2.45, 2.75) is 25.9 Å². The molecular formula is C27H30N4O4. The highest BCUT2D eigenvalue weighted by atomic mass is 16.5. The van der Waals surface area contributed by atoms with Gasteiger partial charge in [-0.1, -0.05) is 24.3 Å². The average Bonchev–Trinajstić information content (AvgIpc) is 3.46. The lowest BCUT2D eigenvalue weighted by atomic mass is 9.95. The second kappa shape index (κ2) is 10.5. The summed E-state index contributed by atoms with van der Waals surface area (Å²) in [5.41, 5.74) is 2.28. The molecule has 1 aliphatic rings. The largest absolute Gasteiger partial charge is 0.507 e. The van der Waals surface area contributed by atoms with E-state index in [1.165, 1.54) is 0 Å². The number of imidazole rings is 1. The SMILES string of the molecule is CCOc1cccc(/C(O)=C2\C(=O)C(=O)N(CCCn3ccnc3)C2c2ccc(N(C)C)cc2)c1. The van der Waals surface area contributed by atoms with Crippen molar-refractivity contribution in [1.29, 1.82) is 0 Å². The third-order valence-corrected chi connectivity index (χ3v) is 6.06. The molecule has 1 atom stereocenters. The van der Waals surface area contributed by atoms with Gasteiger partial charge in [0.15, 0.2) is 0 Å². The van der Waals surface area contributed by atoms with Crippen LogP contribution in [0.4, 0.5) is 5.69 Å². The van der Waals surface area contributed by atoms with Crippen LogP contribution in [0, 0.1) is 0 Å². The number of anilines is 1. The molecule has 0 bridgehead atoms. The Morgan fingerprint density at radius 3 is 2.54 bits per heavy atom. The number of carbonyl (C=O) groups excluding carboxylic acids is 2. The van der Waals surface area contributed by atoms with Gasteiger partial charge in [0.1, 0.15) is 11.5 Å². The Morgan fingerprint density at radius 2 is 1.89 bits per heavy atom. The van der Waals surface area contributed by atoms with Crippen LogP contribution in [0.15, 0.2) is 72.8 Å². The maximum atomic E-state index is 13.2. The lowest BCUT2D eigenvalue weighted by Gasteiger charge is -2.26. The minimum absolute atomic E-state index is 0.0869. The molecule has 2 heterocycles. The van der Waals surface area contributed by atoms with Crippen molar-refractivity contribution in [2.75, 3.05) is 32.1 Å². The van der Waals surface area contributed by atoms with E-state index < -0.39 is 17.7 Å². The van der Waals surface area contributed by atoms with Gasteiger partial charge in [-0.25, -0.2) is 4.98 Å². The van der Waals surface area contributed by atoms with Gasteiger partial charge in [-0.2, -0.15) is 0 Å². The molecule has 2 aromatic carbocycles. The fourth-order valence-electron chi connectivity index (χ4n) is 4.31. The first-order valence-corrected chi connectivity index (χ1v) is 11.7. The fraction of sp³-hybridized carbons (Fsp3) is 0.296. The van der Waals surface area contributed by atoms with Crippen molar-refractivity contribution in [3.8, 4) is 5.75 Å².